The first-order valence-corrected chi connectivity index (χ1v) is 10.2. The van der Waals surface area contributed by atoms with Gasteiger partial charge in [-0.15, -0.1) is 0 Å². The van der Waals surface area contributed by atoms with E-state index in [1.165, 1.54) is 0 Å². The number of carbonyl (C=O) groups is 2. The van der Waals surface area contributed by atoms with E-state index in [2.05, 4.69) is 6.92 Å². The van der Waals surface area contributed by atoms with E-state index < -0.39 is 11.9 Å². The van der Waals surface area contributed by atoms with Gasteiger partial charge in [0.2, 0.25) is 0 Å². The molecule has 0 aliphatic carbocycles. The van der Waals surface area contributed by atoms with Crippen LogP contribution in [0.3, 0.4) is 0 Å². The molecule has 0 atom stereocenters. The third kappa shape index (κ3) is 4.95. The maximum absolute atomic E-state index is 12.8. The molecule has 0 fully saturated rings. The summed E-state index contributed by atoms with van der Waals surface area (Å²) in [6.45, 7) is 6.07. The second-order valence-electron chi connectivity index (χ2n) is 7.39. The summed E-state index contributed by atoms with van der Waals surface area (Å²) in [5, 5.41) is 0. The zero-order valence-electron chi connectivity index (χ0n) is 17.6. The van der Waals surface area contributed by atoms with Crippen LogP contribution >= 0.6 is 0 Å². The Bertz CT molecular complexity index is 1010. The summed E-state index contributed by atoms with van der Waals surface area (Å²) in [5.41, 5.74) is 2.53. The van der Waals surface area contributed by atoms with Gasteiger partial charge in [-0.1, -0.05) is 75.7 Å². The first kappa shape index (κ1) is 21.3. The van der Waals surface area contributed by atoms with Crippen LogP contribution in [0.25, 0.3) is 0 Å². The maximum Gasteiger partial charge on any atom is 0.343 e. The molecule has 0 heterocycles. The number of rotatable bonds is 7. The van der Waals surface area contributed by atoms with Gasteiger partial charge in [0.05, 0.1) is 11.1 Å². The molecular formula is C26H26O4. The SMILES string of the molecule is CCCc1ccc(C(C)C)c(OC(=O)c2ccccc2)c1OC(=O)c1ccccc1. The quantitative estimate of drug-likeness (QED) is 0.349. The molecule has 3 aromatic rings. The summed E-state index contributed by atoms with van der Waals surface area (Å²) < 4.78 is 11.7. The highest BCUT2D eigenvalue weighted by atomic mass is 16.6. The fraction of sp³-hybridized carbons (Fsp3) is 0.231. The van der Waals surface area contributed by atoms with E-state index in [0.29, 0.717) is 29.0 Å². The summed E-state index contributed by atoms with van der Waals surface area (Å²) >= 11 is 0. The summed E-state index contributed by atoms with van der Waals surface area (Å²) in [4.78, 5) is 25.6. The Hall–Kier alpha value is -3.40. The third-order valence-electron chi connectivity index (χ3n) is 4.77. The molecule has 0 saturated carbocycles. The molecular weight excluding hydrogens is 376 g/mol. The van der Waals surface area contributed by atoms with Crippen LogP contribution in [0, 0.1) is 0 Å². The van der Waals surface area contributed by atoms with E-state index in [1.54, 1.807) is 48.5 Å². The molecule has 0 aliphatic rings. The van der Waals surface area contributed by atoms with Crippen LogP contribution in [0.1, 0.15) is 65.0 Å². The molecule has 4 heteroatoms. The van der Waals surface area contributed by atoms with Gasteiger partial charge in [0.1, 0.15) is 0 Å². The molecule has 0 spiro atoms. The van der Waals surface area contributed by atoms with Crippen LogP contribution < -0.4 is 9.47 Å². The van der Waals surface area contributed by atoms with Crippen LogP contribution in [0.15, 0.2) is 72.8 Å². The number of ether oxygens (including phenoxy) is 2. The molecule has 0 aliphatic heterocycles. The fourth-order valence-corrected chi connectivity index (χ4v) is 3.21. The highest BCUT2D eigenvalue weighted by Gasteiger charge is 2.24. The van der Waals surface area contributed by atoms with Gasteiger partial charge >= 0.3 is 11.9 Å². The molecule has 154 valence electrons. The molecule has 4 nitrogen and oxygen atoms in total. The van der Waals surface area contributed by atoms with Crippen LogP contribution in [-0.2, 0) is 6.42 Å². The van der Waals surface area contributed by atoms with E-state index in [1.807, 2.05) is 38.1 Å². The molecule has 0 radical (unpaired) electrons. The predicted octanol–water partition coefficient (Wildman–Crippen LogP) is 6.20. The molecule has 0 unspecified atom stereocenters. The zero-order valence-corrected chi connectivity index (χ0v) is 17.6. The Morgan fingerprint density at radius 1 is 0.733 bits per heavy atom. The largest absolute Gasteiger partial charge is 0.419 e. The van der Waals surface area contributed by atoms with Crippen molar-refractivity contribution in [2.75, 3.05) is 0 Å². The van der Waals surface area contributed by atoms with Gasteiger partial charge in [-0.25, -0.2) is 9.59 Å². The second kappa shape index (κ2) is 9.88. The van der Waals surface area contributed by atoms with Gasteiger partial charge in [-0.2, -0.15) is 0 Å². The first-order valence-electron chi connectivity index (χ1n) is 10.2. The maximum atomic E-state index is 12.8. The van der Waals surface area contributed by atoms with Crippen molar-refractivity contribution < 1.29 is 19.1 Å². The molecule has 3 aromatic carbocycles. The zero-order chi connectivity index (χ0) is 21.5. The standard InChI is InChI=1S/C26H26O4/c1-4-11-19-16-17-22(18(2)3)24(30-26(28)21-14-9-6-10-15-21)23(19)29-25(27)20-12-7-5-8-13-20/h5-10,12-18H,4,11H2,1-3H3. The fourth-order valence-electron chi connectivity index (χ4n) is 3.21. The Morgan fingerprint density at radius 2 is 1.23 bits per heavy atom. The van der Waals surface area contributed by atoms with E-state index >= 15 is 0 Å². The summed E-state index contributed by atoms with van der Waals surface area (Å²) in [6, 6.07) is 21.5. The lowest BCUT2D eigenvalue weighted by molar-refractivity contribution is 0.0679. The molecule has 0 amide bonds. The van der Waals surface area contributed by atoms with E-state index in [0.717, 1.165) is 17.5 Å². The topological polar surface area (TPSA) is 52.6 Å². The van der Waals surface area contributed by atoms with Crippen molar-refractivity contribution in [1.29, 1.82) is 0 Å². The lowest BCUT2D eigenvalue weighted by Gasteiger charge is -2.19. The number of esters is 2. The highest BCUT2D eigenvalue weighted by molar-refractivity contribution is 5.93. The minimum atomic E-state index is -0.483. The van der Waals surface area contributed by atoms with Crippen molar-refractivity contribution in [3.63, 3.8) is 0 Å². The van der Waals surface area contributed by atoms with Crippen molar-refractivity contribution in [3.8, 4) is 11.5 Å². The number of benzene rings is 3. The lowest BCUT2D eigenvalue weighted by Crippen LogP contribution is -2.15. The van der Waals surface area contributed by atoms with Crippen LogP contribution in [-0.4, -0.2) is 11.9 Å². The van der Waals surface area contributed by atoms with Crippen LogP contribution in [0.4, 0.5) is 0 Å². The van der Waals surface area contributed by atoms with Gasteiger partial charge in [0.15, 0.2) is 11.5 Å². The van der Waals surface area contributed by atoms with Gasteiger partial charge < -0.3 is 9.47 Å². The number of aryl methyl sites for hydroxylation is 1. The molecule has 0 aromatic heterocycles. The molecule has 3 rings (SSSR count). The monoisotopic (exact) mass is 402 g/mol. The normalized spacial score (nSPS) is 10.7. The lowest BCUT2D eigenvalue weighted by atomic mass is 9.97. The minimum Gasteiger partial charge on any atom is -0.419 e. The van der Waals surface area contributed by atoms with Crippen LogP contribution in [0.2, 0.25) is 0 Å². The van der Waals surface area contributed by atoms with Crippen molar-refractivity contribution in [2.24, 2.45) is 0 Å². The third-order valence-corrected chi connectivity index (χ3v) is 4.77. The Balaban J connectivity index is 2.06. The van der Waals surface area contributed by atoms with Gasteiger partial charge in [-0.3, -0.25) is 0 Å². The van der Waals surface area contributed by atoms with Gasteiger partial charge in [-0.05, 0) is 42.2 Å². The Morgan fingerprint density at radius 3 is 1.70 bits per heavy atom. The molecule has 0 N–H and O–H groups in total. The highest BCUT2D eigenvalue weighted by Crippen LogP contribution is 2.40. The van der Waals surface area contributed by atoms with Gasteiger partial charge in [0.25, 0.3) is 0 Å². The van der Waals surface area contributed by atoms with Crippen molar-refractivity contribution in [2.45, 2.75) is 39.5 Å². The summed E-state index contributed by atoms with van der Waals surface area (Å²) in [7, 11) is 0. The van der Waals surface area contributed by atoms with Gasteiger partial charge in [0, 0.05) is 5.56 Å². The van der Waals surface area contributed by atoms with Crippen molar-refractivity contribution in [3.05, 3.63) is 95.1 Å². The number of carbonyl (C=O) groups excluding carboxylic acids is 2. The van der Waals surface area contributed by atoms with Crippen LogP contribution in [0.5, 0.6) is 11.5 Å². The van der Waals surface area contributed by atoms with E-state index in [4.69, 9.17) is 9.47 Å². The molecule has 0 bridgehead atoms. The Kier molecular flexibility index (Phi) is 7.02. The number of hydrogen-bond acceptors (Lipinski definition) is 4. The van der Waals surface area contributed by atoms with E-state index in [-0.39, 0.29) is 5.92 Å². The van der Waals surface area contributed by atoms with E-state index in [9.17, 15) is 9.59 Å². The van der Waals surface area contributed by atoms with Crippen molar-refractivity contribution >= 4 is 11.9 Å². The first-order chi connectivity index (χ1) is 14.5. The summed E-state index contributed by atoms with van der Waals surface area (Å²) in [6.07, 6.45) is 1.56. The average Bonchev–Trinajstić information content (AvgIpc) is 2.77. The number of hydrogen-bond donors (Lipinski definition) is 0. The summed E-state index contributed by atoms with van der Waals surface area (Å²) in [5.74, 6) is -0.252. The molecule has 0 saturated heterocycles. The minimum absolute atomic E-state index is 0.0772. The molecule has 30 heavy (non-hydrogen) atoms. The predicted molar refractivity (Wildman–Crippen MR) is 117 cm³/mol. The Labute approximate surface area is 177 Å². The van der Waals surface area contributed by atoms with Crippen molar-refractivity contribution in [1.82, 2.24) is 0 Å². The second-order valence-corrected chi connectivity index (χ2v) is 7.39. The smallest absolute Gasteiger partial charge is 0.343 e. The average molecular weight is 402 g/mol.